The van der Waals surface area contributed by atoms with Gasteiger partial charge in [0.25, 0.3) is 0 Å². The third kappa shape index (κ3) is 3.45. The number of methoxy groups -OCH3 is 1. The Morgan fingerprint density at radius 3 is 2.57 bits per heavy atom. The normalized spacial score (nSPS) is 12.0. The number of carbonyl (C=O) groups is 2. The Labute approximate surface area is 133 Å². The van der Waals surface area contributed by atoms with Crippen molar-refractivity contribution < 1.29 is 28.6 Å². The molecule has 2 N–H and O–H groups in total. The molecule has 0 amide bonds. The molecule has 2 heterocycles. The van der Waals surface area contributed by atoms with Crippen molar-refractivity contribution in [3.05, 3.63) is 46.2 Å². The number of hydrogen-bond donors (Lipinski definition) is 2. The molecule has 2 aromatic heterocycles. The van der Waals surface area contributed by atoms with Crippen LogP contribution in [-0.4, -0.2) is 29.1 Å². The van der Waals surface area contributed by atoms with Crippen LogP contribution in [-0.2, 0) is 16.1 Å². The molecule has 0 aromatic carbocycles. The number of aromatic nitrogens is 1. The number of esters is 2. The van der Waals surface area contributed by atoms with Gasteiger partial charge in [0.15, 0.2) is 0 Å². The fourth-order valence-electron chi connectivity index (χ4n) is 2.47. The molecular formula is C16H19NO6. The molecule has 0 saturated carbocycles. The van der Waals surface area contributed by atoms with Gasteiger partial charge in [0.1, 0.15) is 18.1 Å². The van der Waals surface area contributed by atoms with Gasteiger partial charge in [0.2, 0.25) is 5.76 Å². The molecular weight excluding hydrogens is 302 g/mol. The summed E-state index contributed by atoms with van der Waals surface area (Å²) in [5.74, 6) is -0.786. The van der Waals surface area contributed by atoms with E-state index >= 15 is 0 Å². The minimum atomic E-state index is -0.680. The molecule has 0 saturated heterocycles. The van der Waals surface area contributed by atoms with Crippen molar-refractivity contribution >= 4 is 11.9 Å². The van der Waals surface area contributed by atoms with E-state index in [0.717, 1.165) is 5.69 Å². The van der Waals surface area contributed by atoms with E-state index in [1.54, 1.807) is 20.8 Å². The average Bonchev–Trinajstić information content (AvgIpc) is 3.08. The fraction of sp³-hybridized carbons (Fsp3) is 0.375. The van der Waals surface area contributed by atoms with Crippen LogP contribution < -0.4 is 0 Å². The Kier molecular flexibility index (Phi) is 4.90. The summed E-state index contributed by atoms with van der Waals surface area (Å²) in [5.41, 5.74) is 2.34. The lowest BCUT2D eigenvalue weighted by atomic mass is 10.1. The summed E-state index contributed by atoms with van der Waals surface area (Å²) in [6, 6.07) is 2.98. The smallest absolute Gasteiger partial charge is 0.373 e. The molecule has 0 aliphatic heterocycles. The summed E-state index contributed by atoms with van der Waals surface area (Å²) >= 11 is 0. The van der Waals surface area contributed by atoms with Crippen molar-refractivity contribution in [3.63, 3.8) is 0 Å². The van der Waals surface area contributed by atoms with E-state index in [2.05, 4.69) is 9.72 Å². The van der Waals surface area contributed by atoms with Crippen LogP contribution in [0.1, 0.15) is 56.7 Å². The SMILES string of the molecule is COC(=O)c1ccc(COC(=O)c2[nH]c(C)c([C@H](C)O)c2C)o1. The number of aryl methyl sites for hydroxylation is 1. The largest absolute Gasteiger partial charge is 0.463 e. The predicted molar refractivity (Wildman–Crippen MR) is 80.1 cm³/mol. The zero-order valence-corrected chi connectivity index (χ0v) is 13.4. The van der Waals surface area contributed by atoms with Crippen LogP contribution in [0.2, 0.25) is 0 Å². The second kappa shape index (κ2) is 6.70. The molecule has 0 radical (unpaired) electrons. The van der Waals surface area contributed by atoms with Crippen LogP contribution in [0.15, 0.2) is 16.5 Å². The Balaban J connectivity index is 2.07. The molecule has 0 fully saturated rings. The number of aromatic amines is 1. The van der Waals surface area contributed by atoms with Crippen LogP contribution in [0.25, 0.3) is 0 Å². The second-order valence-electron chi connectivity index (χ2n) is 5.17. The minimum absolute atomic E-state index is 0.0434. The summed E-state index contributed by atoms with van der Waals surface area (Å²) in [6.45, 7) is 5.04. The molecule has 0 unspecified atom stereocenters. The van der Waals surface area contributed by atoms with Crippen molar-refractivity contribution in [1.29, 1.82) is 0 Å². The minimum Gasteiger partial charge on any atom is -0.463 e. The molecule has 1 atom stereocenters. The first-order chi connectivity index (χ1) is 10.8. The van der Waals surface area contributed by atoms with E-state index in [4.69, 9.17) is 9.15 Å². The molecule has 2 rings (SSSR count). The lowest BCUT2D eigenvalue weighted by molar-refractivity contribution is 0.0431. The van der Waals surface area contributed by atoms with Gasteiger partial charge in [-0.25, -0.2) is 9.59 Å². The summed E-state index contributed by atoms with van der Waals surface area (Å²) in [5, 5.41) is 9.74. The number of aliphatic hydroxyl groups is 1. The number of carbonyl (C=O) groups excluding carboxylic acids is 2. The summed E-state index contributed by atoms with van der Waals surface area (Å²) < 4.78 is 14.9. The van der Waals surface area contributed by atoms with E-state index in [0.29, 0.717) is 16.9 Å². The number of nitrogens with one attached hydrogen (secondary N) is 1. The molecule has 0 aliphatic carbocycles. The van der Waals surface area contributed by atoms with Crippen molar-refractivity contribution in [2.24, 2.45) is 0 Å². The van der Waals surface area contributed by atoms with Gasteiger partial charge < -0.3 is 24.0 Å². The monoisotopic (exact) mass is 321 g/mol. The zero-order chi connectivity index (χ0) is 17.1. The predicted octanol–water partition coefficient (Wildman–Crippen LogP) is 2.42. The van der Waals surface area contributed by atoms with Gasteiger partial charge in [-0.1, -0.05) is 0 Å². The zero-order valence-electron chi connectivity index (χ0n) is 13.4. The van der Waals surface area contributed by atoms with Crippen molar-refractivity contribution in [2.75, 3.05) is 7.11 Å². The highest BCUT2D eigenvalue weighted by atomic mass is 16.6. The van der Waals surface area contributed by atoms with Crippen molar-refractivity contribution in [3.8, 4) is 0 Å². The van der Waals surface area contributed by atoms with Crippen LogP contribution in [0.5, 0.6) is 0 Å². The van der Waals surface area contributed by atoms with Gasteiger partial charge in [-0.2, -0.15) is 0 Å². The molecule has 23 heavy (non-hydrogen) atoms. The Morgan fingerprint density at radius 2 is 2.00 bits per heavy atom. The lowest BCUT2D eigenvalue weighted by Crippen LogP contribution is -2.07. The first-order valence-electron chi connectivity index (χ1n) is 7.06. The maximum atomic E-state index is 12.2. The first kappa shape index (κ1) is 16.8. The number of H-pyrrole nitrogens is 1. The van der Waals surface area contributed by atoms with E-state index in [1.165, 1.54) is 19.2 Å². The topological polar surface area (TPSA) is 102 Å². The van der Waals surface area contributed by atoms with Crippen LogP contribution in [0.4, 0.5) is 0 Å². The second-order valence-corrected chi connectivity index (χ2v) is 5.17. The quantitative estimate of drug-likeness (QED) is 0.820. The summed E-state index contributed by atoms with van der Waals surface area (Å²) in [7, 11) is 1.25. The number of hydrogen-bond acceptors (Lipinski definition) is 6. The summed E-state index contributed by atoms with van der Waals surface area (Å²) in [6.07, 6.45) is -0.680. The van der Waals surface area contributed by atoms with Gasteiger partial charge in [-0.05, 0) is 38.5 Å². The van der Waals surface area contributed by atoms with Gasteiger partial charge in [0, 0.05) is 11.3 Å². The lowest BCUT2D eigenvalue weighted by Gasteiger charge is -2.05. The van der Waals surface area contributed by atoms with Gasteiger partial charge in [-0.15, -0.1) is 0 Å². The first-order valence-corrected chi connectivity index (χ1v) is 7.06. The van der Waals surface area contributed by atoms with E-state index in [-0.39, 0.29) is 18.1 Å². The number of rotatable bonds is 5. The van der Waals surface area contributed by atoms with E-state index in [9.17, 15) is 14.7 Å². The molecule has 7 heteroatoms. The van der Waals surface area contributed by atoms with Gasteiger partial charge in [-0.3, -0.25) is 0 Å². The van der Waals surface area contributed by atoms with Crippen molar-refractivity contribution in [1.82, 2.24) is 4.98 Å². The number of furan rings is 1. The van der Waals surface area contributed by atoms with Gasteiger partial charge in [0.05, 0.1) is 13.2 Å². The van der Waals surface area contributed by atoms with Crippen LogP contribution in [0.3, 0.4) is 0 Å². The van der Waals surface area contributed by atoms with E-state index < -0.39 is 18.0 Å². The molecule has 0 bridgehead atoms. The van der Waals surface area contributed by atoms with Crippen LogP contribution in [0, 0.1) is 13.8 Å². The Bertz CT molecular complexity index is 725. The van der Waals surface area contributed by atoms with Crippen molar-refractivity contribution in [2.45, 2.75) is 33.5 Å². The Hall–Kier alpha value is -2.54. The molecule has 0 spiro atoms. The molecule has 124 valence electrons. The molecule has 0 aliphatic rings. The average molecular weight is 321 g/mol. The third-order valence-corrected chi connectivity index (χ3v) is 3.51. The molecule has 2 aromatic rings. The van der Waals surface area contributed by atoms with Crippen LogP contribution >= 0.6 is 0 Å². The van der Waals surface area contributed by atoms with E-state index in [1.807, 2.05) is 0 Å². The maximum absolute atomic E-state index is 12.2. The number of ether oxygens (including phenoxy) is 2. The Morgan fingerprint density at radius 1 is 1.30 bits per heavy atom. The van der Waals surface area contributed by atoms with Gasteiger partial charge >= 0.3 is 11.9 Å². The fourth-order valence-corrected chi connectivity index (χ4v) is 2.47. The number of aliphatic hydroxyl groups excluding tert-OH is 1. The maximum Gasteiger partial charge on any atom is 0.373 e. The third-order valence-electron chi connectivity index (χ3n) is 3.51. The summed E-state index contributed by atoms with van der Waals surface area (Å²) in [4.78, 5) is 26.4. The standard InChI is InChI=1S/C16H19NO6/c1-8-13(10(3)18)9(2)17-14(8)16(20)22-7-11-5-6-12(23-11)15(19)21-4/h5-6,10,17-18H,7H2,1-4H3/t10-/m0/s1. The highest BCUT2D eigenvalue weighted by molar-refractivity contribution is 5.90. The molecule has 7 nitrogen and oxygen atoms in total. The highest BCUT2D eigenvalue weighted by Gasteiger charge is 2.21. The highest BCUT2D eigenvalue weighted by Crippen LogP contribution is 2.25.